The van der Waals surface area contributed by atoms with Crippen molar-refractivity contribution in [2.45, 2.75) is 13.3 Å². The summed E-state index contributed by atoms with van der Waals surface area (Å²) in [6.07, 6.45) is 1.86. The van der Waals surface area contributed by atoms with E-state index >= 15 is 0 Å². The molecular weight excluding hydrogens is 224 g/mol. The lowest BCUT2D eigenvalue weighted by Crippen LogP contribution is -2.01. The number of benzene rings is 1. The minimum atomic E-state index is 0.0548. The van der Waals surface area contributed by atoms with E-state index in [0.717, 1.165) is 11.3 Å². The Morgan fingerprint density at radius 2 is 2.00 bits per heavy atom. The van der Waals surface area contributed by atoms with Crippen molar-refractivity contribution in [3.63, 3.8) is 0 Å². The Labute approximate surface area is 98.8 Å². The van der Waals surface area contributed by atoms with Crippen LogP contribution in [0.1, 0.15) is 21.7 Å². The number of Topliss-reactive ketones (excluding diaryl/α,β-unsaturated/α-hetero) is 1. The van der Waals surface area contributed by atoms with Gasteiger partial charge in [0.2, 0.25) is 0 Å². The summed E-state index contributed by atoms with van der Waals surface area (Å²) in [6, 6.07) is 9.02. The summed E-state index contributed by atoms with van der Waals surface area (Å²) in [5.74, 6) is 0.804. The molecule has 1 aromatic heterocycles. The van der Waals surface area contributed by atoms with Gasteiger partial charge in [0.1, 0.15) is 12.0 Å². The zero-order chi connectivity index (χ0) is 11.5. The first kappa shape index (κ1) is 11.0. The van der Waals surface area contributed by atoms with Crippen molar-refractivity contribution in [1.29, 1.82) is 0 Å². The van der Waals surface area contributed by atoms with Gasteiger partial charge in [0.05, 0.1) is 5.56 Å². The van der Waals surface area contributed by atoms with E-state index in [-0.39, 0.29) is 5.78 Å². The van der Waals surface area contributed by atoms with Crippen LogP contribution >= 0.6 is 11.6 Å². The number of carbonyl (C=O) groups is 1. The number of aryl methyl sites for hydroxylation is 1. The second-order valence-electron chi connectivity index (χ2n) is 3.67. The second kappa shape index (κ2) is 4.54. The van der Waals surface area contributed by atoms with Crippen LogP contribution in [0.4, 0.5) is 0 Å². The predicted octanol–water partition coefficient (Wildman–Crippen LogP) is 3.67. The van der Waals surface area contributed by atoms with E-state index in [1.165, 1.54) is 6.26 Å². The Bertz CT molecular complexity index is 497. The van der Waals surface area contributed by atoms with Gasteiger partial charge in [-0.2, -0.15) is 0 Å². The van der Waals surface area contributed by atoms with Crippen LogP contribution in [0.25, 0.3) is 0 Å². The molecule has 2 rings (SSSR count). The molecule has 0 aliphatic rings. The van der Waals surface area contributed by atoms with Crippen LogP contribution in [0, 0.1) is 6.92 Å². The molecule has 2 aromatic rings. The standard InChI is InChI=1S/C13H11ClO2/c1-9-6-11(8-16-9)13(15)7-10-2-4-12(14)5-3-10/h2-6,8H,7H2,1H3. The van der Waals surface area contributed by atoms with Crippen molar-refractivity contribution >= 4 is 17.4 Å². The highest BCUT2D eigenvalue weighted by molar-refractivity contribution is 6.30. The van der Waals surface area contributed by atoms with E-state index in [9.17, 15) is 4.79 Å². The molecule has 0 spiro atoms. The maximum absolute atomic E-state index is 11.8. The quantitative estimate of drug-likeness (QED) is 0.759. The molecule has 3 heteroatoms. The lowest BCUT2D eigenvalue weighted by atomic mass is 10.1. The third kappa shape index (κ3) is 2.52. The fourth-order valence-corrected chi connectivity index (χ4v) is 1.61. The molecule has 1 heterocycles. The maximum Gasteiger partial charge on any atom is 0.170 e. The molecule has 0 fully saturated rings. The molecule has 0 radical (unpaired) electrons. The minimum absolute atomic E-state index is 0.0548. The van der Waals surface area contributed by atoms with Gasteiger partial charge in [-0.1, -0.05) is 23.7 Å². The van der Waals surface area contributed by atoms with Gasteiger partial charge in [-0.3, -0.25) is 4.79 Å². The predicted molar refractivity (Wildman–Crippen MR) is 62.9 cm³/mol. The first-order valence-electron chi connectivity index (χ1n) is 4.98. The molecule has 0 bridgehead atoms. The van der Waals surface area contributed by atoms with E-state index in [1.54, 1.807) is 18.2 Å². The van der Waals surface area contributed by atoms with Crippen molar-refractivity contribution in [1.82, 2.24) is 0 Å². The second-order valence-corrected chi connectivity index (χ2v) is 4.11. The molecule has 0 aliphatic heterocycles. The molecule has 0 aliphatic carbocycles. The minimum Gasteiger partial charge on any atom is -0.469 e. The third-order valence-electron chi connectivity index (χ3n) is 2.33. The first-order chi connectivity index (χ1) is 7.65. The van der Waals surface area contributed by atoms with Crippen LogP contribution < -0.4 is 0 Å². The molecule has 0 saturated carbocycles. The number of carbonyl (C=O) groups excluding carboxylic acids is 1. The highest BCUT2D eigenvalue weighted by Gasteiger charge is 2.09. The van der Waals surface area contributed by atoms with Gasteiger partial charge in [0, 0.05) is 11.4 Å². The highest BCUT2D eigenvalue weighted by Crippen LogP contribution is 2.13. The molecule has 1 aromatic carbocycles. The molecular formula is C13H11ClO2. The molecule has 0 saturated heterocycles. The Morgan fingerprint density at radius 1 is 1.31 bits per heavy atom. The summed E-state index contributed by atoms with van der Waals surface area (Å²) in [5, 5.41) is 0.676. The number of rotatable bonds is 3. The summed E-state index contributed by atoms with van der Waals surface area (Å²) in [6.45, 7) is 1.82. The van der Waals surface area contributed by atoms with Crippen molar-refractivity contribution in [2.24, 2.45) is 0 Å². The fraction of sp³-hybridized carbons (Fsp3) is 0.154. The lowest BCUT2D eigenvalue weighted by Gasteiger charge is -1.98. The first-order valence-corrected chi connectivity index (χ1v) is 5.36. The molecule has 16 heavy (non-hydrogen) atoms. The molecule has 2 nitrogen and oxygen atoms in total. The molecule has 0 atom stereocenters. The molecule has 82 valence electrons. The van der Waals surface area contributed by atoms with Crippen LogP contribution in [0.3, 0.4) is 0 Å². The van der Waals surface area contributed by atoms with Gasteiger partial charge in [-0.25, -0.2) is 0 Å². The zero-order valence-electron chi connectivity index (χ0n) is 8.87. The largest absolute Gasteiger partial charge is 0.469 e. The van der Waals surface area contributed by atoms with Gasteiger partial charge in [0.25, 0.3) is 0 Å². The lowest BCUT2D eigenvalue weighted by molar-refractivity contribution is 0.0992. The van der Waals surface area contributed by atoms with Crippen LogP contribution in [0.2, 0.25) is 5.02 Å². The monoisotopic (exact) mass is 234 g/mol. The van der Waals surface area contributed by atoms with Gasteiger partial charge in [-0.05, 0) is 30.7 Å². The van der Waals surface area contributed by atoms with Crippen molar-refractivity contribution < 1.29 is 9.21 Å². The van der Waals surface area contributed by atoms with Crippen molar-refractivity contribution in [3.05, 3.63) is 58.5 Å². The Hall–Kier alpha value is -1.54. The van der Waals surface area contributed by atoms with E-state index in [1.807, 2.05) is 19.1 Å². The number of hydrogen-bond acceptors (Lipinski definition) is 2. The zero-order valence-corrected chi connectivity index (χ0v) is 9.62. The van der Waals surface area contributed by atoms with Crippen LogP contribution in [-0.2, 0) is 6.42 Å². The summed E-state index contributed by atoms with van der Waals surface area (Å²) >= 11 is 5.77. The van der Waals surface area contributed by atoms with Gasteiger partial charge in [0.15, 0.2) is 5.78 Å². The fourth-order valence-electron chi connectivity index (χ4n) is 1.48. The molecule has 0 unspecified atom stereocenters. The SMILES string of the molecule is Cc1cc(C(=O)Cc2ccc(Cl)cc2)co1. The number of hydrogen-bond donors (Lipinski definition) is 0. The summed E-state index contributed by atoms with van der Waals surface area (Å²) in [5.41, 5.74) is 1.57. The topological polar surface area (TPSA) is 30.2 Å². The normalized spacial score (nSPS) is 10.4. The summed E-state index contributed by atoms with van der Waals surface area (Å²) < 4.78 is 5.10. The van der Waals surface area contributed by atoms with Crippen molar-refractivity contribution in [2.75, 3.05) is 0 Å². The van der Waals surface area contributed by atoms with E-state index in [0.29, 0.717) is 17.0 Å². The van der Waals surface area contributed by atoms with Gasteiger partial charge < -0.3 is 4.42 Å². The molecule has 0 amide bonds. The number of halogens is 1. The van der Waals surface area contributed by atoms with Gasteiger partial charge in [-0.15, -0.1) is 0 Å². The maximum atomic E-state index is 11.8. The van der Waals surface area contributed by atoms with Crippen LogP contribution in [0.15, 0.2) is 41.0 Å². The summed E-state index contributed by atoms with van der Waals surface area (Å²) in [7, 11) is 0. The third-order valence-corrected chi connectivity index (χ3v) is 2.58. The Kier molecular flexibility index (Phi) is 3.11. The van der Waals surface area contributed by atoms with E-state index in [2.05, 4.69) is 0 Å². The average Bonchev–Trinajstić information content (AvgIpc) is 2.68. The average molecular weight is 235 g/mol. The van der Waals surface area contributed by atoms with E-state index < -0.39 is 0 Å². The smallest absolute Gasteiger partial charge is 0.170 e. The number of furan rings is 1. The van der Waals surface area contributed by atoms with Crippen molar-refractivity contribution in [3.8, 4) is 0 Å². The van der Waals surface area contributed by atoms with Gasteiger partial charge >= 0.3 is 0 Å². The van der Waals surface area contributed by atoms with E-state index in [4.69, 9.17) is 16.0 Å². The molecule has 0 N–H and O–H groups in total. The van der Waals surface area contributed by atoms with Crippen LogP contribution in [0.5, 0.6) is 0 Å². The summed E-state index contributed by atoms with van der Waals surface area (Å²) in [4.78, 5) is 11.8. The highest BCUT2D eigenvalue weighted by atomic mass is 35.5. The Balaban J connectivity index is 2.10. The van der Waals surface area contributed by atoms with Crippen LogP contribution in [-0.4, -0.2) is 5.78 Å². The number of ketones is 1. The Morgan fingerprint density at radius 3 is 2.56 bits per heavy atom.